The van der Waals surface area contributed by atoms with E-state index in [1.54, 1.807) is 18.2 Å². The maximum absolute atomic E-state index is 10.6. The molecule has 0 radical (unpaired) electrons. The molecule has 5 nitrogen and oxygen atoms in total. The molecule has 94 valence electrons. The van der Waals surface area contributed by atoms with Gasteiger partial charge < -0.3 is 9.47 Å². The van der Waals surface area contributed by atoms with E-state index in [9.17, 15) is 8.42 Å². The highest BCUT2D eigenvalue weighted by Gasteiger charge is 1.99. The van der Waals surface area contributed by atoms with Gasteiger partial charge in [-0.25, -0.2) is 0 Å². The summed E-state index contributed by atoms with van der Waals surface area (Å²) in [6.45, 7) is 1.87. The number of ether oxygens (including phenoxy) is 2. The van der Waals surface area contributed by atoms with Crippen molar-refractivity contribution in [2.24, 2.45) is 0 Å². The Morgan fingerprint density at radius 3 is 2.31 bits per heavy atom. The number of rotatable bonds is 7. The van der Waals surface area contributed by atoms with Gasteiger partial charge in [0.15, 0.2) is 6.29 Å². The summed E-state index contributed by atoms with van der Waals surface area (Å²) in [7, 11) is -0.302. The van der Waals surface area contributed by atoms with Crippen LogP contribution in [0.1, 0.15) is 6.92 Å². The maximum atomic E-state index is 10.6. The number of hydrogen-bond donors (Lipinski definition) is 0. The Morgan fingerprint density at radius 1 is 1.31 bits per heavy atom. The van der Waals surface area contributed by atoms with Crippen LogP contribution in [0.25, 0.3) is 0 Å². The molecule has 0 heterocycles. The van der Waals surface area contributed by atoms with Crippen LogP contribution in [0.15, 0.2) is 23.8 Å². The molecule has 0 aliphatic rings. The first-order chi connectivity index (χ1) is 7.39. The van der Waals surface area contributed by atoms with E-state index in [0.29, 0.717) is 0 Å². The van der Waals surface area contributed by atoms with Crippen LogP contribution >= 0.6 is 0 Å². The molecule has 0 aliphatic heterocycles. The fourth-order valence-electron chi connectivity index (χ4n) is 0.899. The minimum Gasteiger partial charge on any atom is -0.352 e. The zero-order valence-electron chi connectivity index (χ0n) is 9.97. The van der Waals surface area contributed by atoms with Crippen molar-refractivity contribution < 1.29 is 22.1 Å². The summed E-state index contributed by atoms with van der Waals surface area (Å²) in [5.41, 5.74) is 0.894. The van der Waals surface area contributed by atoms with Crippen LogP contribution in [0.3, 0.4) is 0 Å². The summed E-state index contributed by atoms with van der Waals surface area (Å²) in [6.07, 6.45) is 5.71. The molecule has 0 amide bonds. The second-order valence-corrected chi connectivity index (χ2v) is 4.79. The Bertz CT molecular complexity index is 338. The van der Waals surface area contributed by atoms with Crippen LogP contribution in [-0.4, -0.2) is 41.8 Å². The van der Waals surface area contributed by atoms with Gasteiger partial charge in [-0.3, -0.25) is 4.18 Å². The van der Waals surface area contributed by atoms with E-state index < -0.39 is 16.4 Å². The number of methoxy groups -OCH3 is 2. The molecule has 0 fully saturated rings. The highest BCUT2D eigenvalue weighted by atomic mass is 32.2. The van der Waals surface area contributed by atoms with Gasteiger partial charge in [-0.05, 0) is 13.0 Å². The summed E-state index contributed by atoms with van der Waals surface area (Å²) in [6, 6.07) is 0. The lowest BCUT2D eigenvalue weighted by Crippen LogP contribution is -2.09. The molecule has 0 aromatic carbocycles. The molecule has 16 heavy (non-hydrogen) atoms. The van der Waals surface area contributed by atoms with E-state index in [-0.39, 0.29) is 6.61 Å². The maximum Gasteiger partial charge on any atom is 0.264 e. The predicted octanol–water partition coefficient (Wildman–Crippen LogP) is 1.08. The van der Waals surface area contributed by atoms with Crippen LogP contribution in [0.4, 0.5) is 0 Å². The molecule has 6 heteroatoms. The van der Waals surface area contributed by atoms with Crippen molar-refractivity contribution in [2.75, 3.05) is 27.1 Å². The van der Waals surface area contributed by atoms with Gasteiger partial charge in [0.2, 0.25) is 0 Å². The molecule has 0 aromatic heterocycles. The van der Waals surface area contributed by atoms with Gasteiger partial charge in [-0.1, -0.05) is 17.7 Å². The molecule has 0 saturated heterocycles. The zero-order valence-corrected chi connectivity index (χ0v) is 10.8. The van der Waals surface area contributed by atoms with Crippen molar-refractivity contribution in [3.8, 4) is 0 Å². The molecular weight excluding hydrogens is 232 g/mol. The van der Waals surface area contributed by atoms with E-state index in [1.807, 2.05) is 6.92 Å². The molecule has 0 rings (SSSR count). The van der Waals surface area contributed by atoms with Crippen LogP contribution in [0, 0.1) is 0 Å². The van der Waals surface area contributed by atoms with Crippen LogP contribution in [0.5, 0.6) is 0 Å². The first kappa shape index (κ1) is 15.3. The Balaban J connectivity index is 4.13. The third-order valence-corrected chi connectivity index (χ3v) is 2.19. The minimum atomic E-state index is -3.37. The monoisotopic (exact) mass is 250 g/mol. The molecule has 0 saturated carbocycles. The van der Waals surface area contributed by atoms with Gasteiger partial charge in [0, 0.05) is 14.2 Å². The summed E-state index contributed by atoms with van der Waals surface area (Å²) in [5.74, 6) is 0. The van der Waals surface area contributed by atoms with E-state index in [0.717, 1.165) is 11.8 Å². The fourth-order valence-corrected chi connectivity index (χ4v) is 1.23. The highest BCUT2D eigenvalue weighted by molar-refractivity contribution is 7.85. The molecule has 0 atom stereocenters. The Morgan fingerprint density at radius 2 is 1.88 bits per heavy atom. The third kappa shape index (κ3) is 8.60. The summed E-state index contributed by atoms with van der Waals surface area (Å²) < 4.78 is 35.7. The standard InChI is InChI=1S/C10H18O5S/c1-9(8-10(13-2)14-3)6-5-7-15-16(4,11)12/h5-6,8,10H,7H2,1-4H3. The van der Waals surface area contributed by atoms with E-state index in [1.165, 1.54) is 14.2 Å². The Labute approximate surface area is 96.8 Å². The van der Waals surface area contributed by atoms with Crippen molar-refractivity contribution in [3.63, 3.8) is 0 Å². The Hall–Kier alpha value is -0.690. The molecule has 0 N–H and O–H groups in total. The SMILES string of the molecule is COC(C=C(C)C=CCOS(C)(=O)=O)OC. The van der Waals surface area contributed by atoms with E-state index >= 15 is 0 Å². The first-order valence-electron chi connectivity index (χ1n) is 4.64. The first-order valence-corrected chi connectivity index (χ1v) is 6.45. The quantitative estimate of drug-likeness (QED) is 0.384. The summed E-state index contributed by atoms with van der Waals surface area (Å²) in [5, 5.41) is 0. The van der Waals surface area contributed by atoms with Gasteiger partial charge in [0.25, 0.3) is 10.1 Å². The molecule has 0 bridgehead atoms. The van der Waals surface area contributed by atoms with Gasteiger partial charge in [0.05, 0.1) is 12.9 Å². The second-order valence-electron chi connectivity index (χ2n) is 3.14. The largest absolute Gasteiger partial charge is 0.352 e. The van der Waals surface area contributed by atoms with Crippen LogP contribution in [0.2, 0.25) is 0 Å². The molecule has 0 aliphatic carbocycles. The van der Waals surface area contributed by atoms with Gasteiger partial charge in [-0.15, -0.1) is 0 Å². The van der Waals surface area contributed by atoms with Crippen molar-refractivity contribution >= 4 is 10.1 Å². The van der Waals surface area contributed by atoms with Crippen molar-refractivity contribution in [2.45, 2.75) is 13.2 Å². The number of hydrogen-bond acceptors (Lipinski definition) is 5. The minimum absolute atomic E-state index is 0.0225. The van der Waals surface area contributed by atoms with Gasteiger partial charge in [-0.2, -0.15) is 8.42 Å². The van der Waals surface area contributed by atoms with Crippen LogP contribution in [-0.2, 0) is 23.8 Å². The van der Waals surface area contributed by atoms with Gasteiger partial charge in [0.1, 0.15) is 0 Å². The average Bonchev–Trinajstić information content (AvgIpc) is 2.19. The Kier molecular flexibility index (Phi) is 7.24. The lowest BCUT2D eigenvalue weighted by atomic mass is 10.2. The zero-order chi connectivity index (χ0) is 12.6. The van der Waals surface area contributed by atoms with Crippen molar-refractivity contribution in [3.05, 3.63) is 23.8 Å². The van der Waals surface area contributed by atoms with E-state index in [4.69, 9.17) is 9.47 Å². The lowest BCUT2D eigenvalue weighted by Gasteiger charge is -2.08. The lowest BCUT2D eigenvalue weighted by molar-refractivity contribution is -0.0669. The normalized spacial score (nSPS) is 13.9. The molecular formula is C10H18O5S. The third-order valence-electron chi connectivity index (χ3n) is 1.62. The van der Waals surface area contributed by atoms with Crippen molar-refractivity contribution in [1.29, 1.82) is 0 Å². The van der Waals surface area contributed by atoms with E-state index in [2.05, 4.69) is 4.18 Å². The summed E-state index contributed by atoms with van der Waals surface area (Å²) >= 11 is 0. The smallest absolute Gasteiger partial charge is 0.264 e. The van der Waals surface area contributed by atoms with Gasteiger partial charge >= 0.3 is 0 Å². The fraction of sp³-hybridized carbons (Fsp3) is 0.600. The van der Waals surface area contributed by atoms with Crippen molar-refractivity contribution in [1.82, 2.24) is 0 Å². The molecule has 0 spiro atoms. The second kappa shape index (κ2) is 7.56. The van der Waals surface area contributed by atoms with Crippen LogP contribution < -0.4 is 0 Å². The predicted molar refractivity (Wildman–Crippen MR) is 61.5 cm³/mol. The summed E-state index contributed by atoms with van der Waals surface area (Å²) in [4.78, 5) is 0. The topological polar surface area (TPSA) is 61.8 Å². The average molecular weight is 250 g/mol. The highest BCUT2D eigenvalue weighted by Crippen LogP contribution is 2.01. The number of allylic oxidation sites excluding steroid dienone is 2. The molecule has 0 unspecified atom stereocenters. The molecule has 0 aromatic rings.